The fraction of sp³-hybridized carbons (Fsp3) is 0.846. The average molecular weight is 193 g/mol. The van der Waals surface area contributed by atoms with E-state index in [9.17, 15) is 0 Å². The van der Waals surface area contributed by atoms with E-state index in [1.807, 2.05) is 0 Å². The molecule has 1 fully saturated rings. The fourth-order valence-corrected chi connectivity index (χ4v) is 2.30. The van der Waals surface area contributed by atoms with Gasteiger partial charge in [-0.05, 0) is 51.6 Å². The smallest absolute Gasteiger partial charge is 0.00982 e. The van der Waals surface area contributed by atoms with E-state index < -0.39 is 0 Å². The summed E-state index contributed by atoms with van der Waals surface area (Å²) in [5.41, 5.74) is 0. The summed E-state index contributed by atoms with van der Waals surface area (Å²) in [7, 11) is 2.25. The largest absolute Gasteiger partial charge is 0.303 e. The predicted molar refractivity (Wildman–Crippen MR) is 62.1 cm³/mol. The minimum atomic E-state index is 0.823. The molecule has 0 amide bonds. The van der Waals surface area contributed by atoms with Gasteiger partial charge in [0.2, 0.25) is 0 Å². The third-order valence-electron chi connectivity index (χ3n) is 3.44. The highest BCUT2D eigenvalue weighted by Crippen LogP contribution is 2.26. The van der Waals surface area contributed by atoms with Gasteiger partial charge in [0.25, 0.3) is 0 Å². The Morgan fingerprint density at radius 1 is 1.29 bits per heavy atom. The zero-order chi connectivity index (χ0) is 10.4. The van der Waals surface area contributed by atoms with Crippen molar-refractivity contribution in [2.45, 2.75) is 51.5 Å². The number of terminal acetylenes is 1. The molecule has 0 radical (unpaired) electrons. The quantitative estimate of drug-likeness (QED) is 0.490. The molecule has 1 rings (SSSR count). The first kappa shape index (κ1) is 11.6. The first-order valence-corrected chi connectivity index (χ1v) is 5.87. The first-order chi connectivity index (χ1) is 6.74. The number of rotatable bonds is 4. The predicted octanol–water partition coefficient (Wildman–Crippen LogP) is 2.91. The maximum absolute atomic E-state index is 5.24. The van der Waals surface area contributed by atoms with Gasteiger partial charge in [-0.2, -0.15) is 0 Å². The Bertz CT molecular complexity index is 184. The van der Waals surface area contributed by atoms with Gasteiger partial charge < -0.3 is 4.90 Å². The van der Waals surface area contributed by atoms with Crippen LogP contribution in [0.3, 0.4) is 0 Å². The molecule has 1 aliphatic carbocycles. The lowest BCUT2D eigenvalue weighted by molar-refractivity contribution is 0.169. The minimum absolute atomic E-state index is 0.823. The van der Waals surface area contributed by atoms with E-state index in [-0.39, 0.29) is 0 Å². The van der Waals surface area contributed by atoms with Crippen LogP contribution in [0.15, 0.2) is 0 Å². The van der Waals surface area contributed by atoms with Gasteiger partial charge in [-0.1, -0.05) is 6.92 Å². The van der Waals surface area contributed by atoms with Gasteiger partial charge in [0.1, 0.15) is 0 Å². The van der Waals surface area contributed by atoms with Crippen molar-refractivity contribution < 1.29 is 0 Å². The third kappa shape index (κ3) is 3.72. The van der Waals surface area contributed by atoms with Gasteiger partial charge in [0.15, 0.2) is 0 Å². The van der Waals surface area contributed by atoms with E-state index in [0.717, 1.165) is 24.8 Å². The summed E-state index contributed by atoms with van der Waals surface area (Å²) in [6, 6.07) is 0.823. The number of unbranched alkanes of at least 4 members (excludes halogenated alkanes) is 1. The zero-order valence-electron chi connectivity index (χ0n) is 9.63. The second kappa shape index (κ2) is 6.09. The van der Waals surface area contributed by atoms with E-state index >= 15 is 0 Å². The standard InChI is InChI=1S/C13H23N/c1-4-5-6-11-14(3)13-9-7-12(2)8-10-13/h1,12-13H,5-11H2,2-3H3. The fourth-order valence-electron chi connectivity index (χ4n) is 2.30. The van der Waals surface area contributed by atoms with E-state index in [0.29, 0.717) is 0 Å². The highest BCUT2D eigenvalue weighted by Gasteiger charge is 2.20. The van der Waals surface area contributed by atoms with Crippen molar-refractivity contribution in [1.82, 2.24) is 4.90 Å². The summed E-state index contributed by atoms with van der Waals surface area (Å²) in [4.78, 5) is 2.50. The third-order valence-corrected chi connectivity index (χ3v) is 3.44. The van der Waals surface area contributed by atoms with Crippen LogP contribution in [0.5, 0.6) is 0 Å². The maximum Gasteiger partial charge on any atom is 0.00982 e. The average Bonchev–Trinajstić information content (AvgIpc) is 2.19. The zero-order valence-corrected chi connectivity index (χ0v) is 9.63. The summed E-state index contributed by atoms with van der Waals surface area (Å²) in [5, 5.41) is 0. The first-order valence-electron chi connectivity index (χ1n) is 5.87. The Morgan fingerprint density at radius 2 is 1.93 bits per heavy atom. The highest BCUT2D eigenvalue weighted by atomic mass is 15.1. The molecule has 0 saturated heterocycles. The Morgan fingerprint density at radius 3 is 2.50 bits per heavy atom. The molecule has 0 atom stereocenters. The maximum atomic E-state index is 5.24. The number of nitrogens with zero attached hydrogens (tertiary/aromatic N) is 1. The lowest BCUT2D eigenvalue weighted by atomic mass is 9.87. The van der Waals surface area contributed by atoms with E-state index in [4.69, 9.17) is 6.42 Å². The van der Waals surface area contributed by atoms with Crippen LogP contribution in [0.4, 0.5) is 0 Å². The Kier molecular flexibility index (Phi) is 5.04. The van der Waals surface area contributed by atoms with Crippen molar-refractivity contribution >= 4 is 0 Å². The molecule has 0 bridgehead atoms. The Hall–Kier alpha value is -0.480. The lowest BCUT2D eigenvalue weighted by Gasteiger charge is -2.33. The van der Waals surface area contributed by atoms with Crippen LogP contribution in [-0.2, 0) is 0 Å². The van der Waals surface area contributed by atoms with Crippen molar-refractivity contribution in [3.63, 3.8) is 0 Å². The van der Waals surface area contributed by atoms with Gasteiger partial charge in [-0.3, -0.25) is 0 Å². The van der Waals surface area contributed by atoms with Crippen molar-refractivity contribution in [1.29, 1.82) is 0 Å². The molecule has 0 aromatic rings. The monoisotopic (exact) mass is 193 g/mol. The van der Waals surface area contributed by atoms with Crippen LogP contribution in [-0.4, -0.2) is 24.5 Å². The molecule has 0 spiro atoms. The molecule has 14 heavy (non-hydrogen) atoms. The van der Waals surface area contributed by atoms with Crippen molar-refractivity contribution in [3.8, 4) is 12.3 Å². The molecule has 0 unspecified atom stereocenters. The van der Waals surface area contributed by atoms with Crippen molar-refractivity contribution in [2.75, 3.05) is 13.6 Å². The van der Waals surface area contributed by atoms with Crippen LogP contribution >= 0.6 is 0 Å². The van der Waals surface area contributed by atoms with E-state index in [2.05, 4.69) is 24.8 Å². The van der Waals surface area contributed by atoms with Crippen molar-refractivity contribution in [3.05, 3.63) is 0 Å². The van der Waals surface area contributed by atoms with Gasteiger partial charge in [-0.15, -0.1) is 12.3 Å². The molecule has 0 aromatic carbocycles. The lowest BCUT2D eigenvalue weighted by Crippen LogP contribution is -2.35. The minimum Gasteiger partial charge on any atom is -0.303 e. The second-order valence-electron chi connectivity index (χ2n) is 4.70. The SMILES string of the molecule is C#CCCCN(C)C1CCC(C)CC1. The Labute approximate surface area is 88.9 Å². The number of hydrogen-bond donors (Lipinski definition) is 0. The summed E-state index contributed by atoms with van der Waals surface area (Å²) in [6.45, 7) is 3.54. The summed E-state index contributed by atoms with van der Waals surface area (Å²) >= 11 is 0. The summed E-state index contributed by atoms with van der Waals surface area (Å²) < 4.78 is 0. The van der Waals surface area contributed by atoms with Gasteiger partial charge >= 0.3 is 0 Å². The van der Waals surface area contributed by atoms with E-state index in [1.165, 1.54) is 32.2 Å². The summed E-state index contributed by atoms with van der Waals surface area (Å²) in [6.07, 6.45) is 12.9. The number of hydrogen-bond acceptors (Lipinski definition) is 1. The van der Waals surface area contributed by atoms with Gasteiger partial charge in [0.05, 0.1) is 0 Å². The van der Waals surface area contributed by atoms with Crippen LogP contribution in [0, 0.1) is 18.3 Å². The topological polar surface area (TPSA) is 3.24 Å². The second-order valence-corrected chi connectivity index (χ2v) is 4.70. The molecule has 1 aliphatic rings. The molecule has 1 saturated carbocycles. The van der Waals surface area contributed by atoms with Crippen LogP contribution < -0.4 is 0 Å². The Balaban J connectivity index is 2.17. The molecular weight excluding hydrogens is 170 g/mol. The molecule has 0 aliphatic heterocycles. The summed E-state index contributed by atoms with van der Waals surface area (Å²) in [5.74, 6) is 3.66. The van der Waals surface area contributed by atoms with Gasteiger partial charge in [0, 0.05) is 12.5 Å². The molecule has 1 heteroatoms. The van der Waals surface area contributed by atoms with Crippen LogP contribution in [0.2, 0.25) is 0 Å². The molecule has 80 valence electrons. The molecular formula is C13H23N. The molecule has 0 heterocycles. The highest BCUT2D eigenvalue weighted by molar-refractivity contribution is 4.84. The van der Waals surface area contributed by atoms with Crippen LogP contribution in [0.1, 0.15) is 45.4 Å². The van der Waals surface area contributed by atoms with Crippen LogP contribution in [0.25, 0.3) is 0 Å². The van der Waals surface area contributed by atoms with Crippen molar-refractivity contribution in [2.24, 2.45) is 5.92 Å². The molecule has 0 aromatic heterocycles. The van der Waals surface area contributed by atoms with Gasteiger partial charge in [-0.25, -0.2) is 0 Å². The normalized spacial score (nSPS) is 27.6. The van der Waals surface area contributed by atoms with E-state index in [1.54, 1.807) is 0 Å². The molecule has 1 nitrogen and oxygen atoms in total. The molecule has 0 N–H and O–H groups in total.